The maximum absolute atomic E-state index is 14.3. The number of aliphatic hydroxyl groups is 1. The van der Waals surface area contributed by atoms with Crippen LogP contribution >= 0.6 is 0 Å². The molecule has 3 rings (SSSR count). The van der Waals surface area contributed by atoms with E-state index in [9.17, 15) is 14.4 Å². The molecule has 8 heteroatoms. The molecule has 3 aliphatic heterocycles. The molecule has 2 amide bonds. The highest BCUT2D eigenvalue weighted by Crippen LogP contribution is 2.64. The van der Waals surface area contributed by atoms with Crippen LogP contribution in [0.3, 0.4) is 0 Å². The van der Waals surface area contributed by atoms with E-state index in [-0.39, 0.29) is 25.0 Å². The van der Waals surface area contributed by atoms with Gasteiger partial charge in [0.25, 0.3) is 0 Å². The van der Waals surface area contributed by atoms with Crippen LogP contribution in [0, 0.1) is 11.8 Å². The van der Waals surface area contributed by atoms with Crippen LogP contribution in [-0.4, -0.2) is 82.8 Å². The molecule has 3 fully saturated rings. The molecule has 2 unspecified atom stereocenters. The van der Waals surface area contributed by atoms with Crippen LogP contribution in [0.2, 0.25) is 0 Å². The van der Waals surface area contributed by atoms with E-state index in [4.69, 9.17) is 14.6 Å². The van der Waals surface area contributed by atoms with Crippen molar-refractivity contribution < 1.29 is 29.0 Å². The summed E-state index contributed by atoms with van der Waals surface area (Å²) in [6.07, 6.45) is 11.8. The molecule has 3 saturated heterocycles. The van der Waals surface area contributed by atoms with Gasteiger partial charge in [-0.05, 0) is 44.9 Å². The minimum absolute atomic E-state index is 0.111. The number of carbonyl (C=O) groups is 3. The molecule has 0 radical (unpaired) electrons. The Labute approximate surface area is 228 Å². The molecule has 3 aliphatic rings. The van der Waals surface area contributed by atoms with Crippen molar-refractivity contribution in [3.8, 4) is 0 Å². The van der Waals surface area contributed by atoms with Crippen molar-refractivity contribution in [2.75, 3.05) is 32.8 Å². The standard InChI is InChI=1S/C30H48N2O6/c1-5-9-13-19-31(18-7-3)27(35)25-30-17-16-29(8-4,38-30)24(28(36)37-22-10-6-2)23(30)26(34)32(25)20-14-11-12-15-21-33/h6-7,23-25,33H,2-3,5,8-22H2,1,4H3/t23-,24-,25?,29+,30?/m0/s1. The Bertz CT molecular complexity index is 862. The number of likely N-dealkylation sites (tertiary alicyclic amines) is 1. The van der Waals surface area contributed by atoms with Gasteiger partial charge in [-0.15, -0.1) is 13.2 Å². The summed E-state index contributed by atoms with van der Waals surface area (Å²) >= 11 is 0. The summed E-state index contributed by atoms with van der Waals surface area (Å²) in [5.41, 5.74) is -1.82. The number of esters is 1. The van der Waals surface area contributed by atoms with Crippen molar-refractivity contribution in [1.82, 2.24) is 9.80 Å². The Morgan fingerprint density at radius 2 is 1.89 bits per heavy atom. The largest absolute Gasteiger partial charge is 0.465 e. The van der Waals surface area contributed by atoms with Gasteiger partial charge in [-0.2, -0.15) is 0 Å². The van der Waals surface area contributed by atoms with Gasteiger partial charge in [-0.3, -0.25) is 14.4 Å². The van der Waals surface area contributed by atoms with Crippen molar-refractivity contribution >= 4 is 17.8 Å². The van der Waals surface area contributed by atoms with Gasteiger partial charge in [0.2, 0.25) is 11.8 Å². The van der Waals surface area contributed by atoms with Crippen LogP contribution in [0.25, 0.3) is 0 Å². The number of unbranched alkanes of at least 4 members (excludes halogenated alkanes) is 5. The summed E-state index contributed by atoms with van der Waals surface area (Å²) in [7, 11) is 0. The third-order valence-electron chi connectivity index (χ3n) is 8.73. The van der Waals surface area contributed by atoms with Crippen LogP contribution in [0.4, 0.5) is 0 Å². The predicted molar refractivity (Wildman–Crippen MR) is 146 cm³/mol. The predicted octanol–water partition coefficient (Wildman–Crippen LogP) is 4.02. The number of carbonyl (C=O) groups excluding carboxylic acids is 3. The zero-order valence-electron chi connectivity index (χ0n) is 23.5. The van der Waals surface area contributed by atoms with Gasteiger partial charge in [0.1, 0.15) is 17.6 Å². The summed E-state index contributed by atoms with van der Waals surface area (Å²) in [5.74, 6) is -2.13. The van der Waals surface area contributed by atoms with E-state index in [2.05, 4.69) is 20.1 Å². The third kappa shape index (κ3) is 5.71. The molecule has 1 N–H and O–H groups in total. The summed E-state index contributed by atoms with van der Waals surface area (Å²) in [6.45, 7) is 13.5. The SMILES string of the molecule is C=CCCOC(=O)[C@@H]1[C@H]2C(=O)N(CCCCCCO)C(C(=O)N(CC=C)CCCCC)C23CC[C@@]1(CC)O3. The lowest BCUT2D eigenvalue weighted by Crippen LogP contribution is -2.56. The Kier molecular flexibility index (Phi) is 11.0. The van der Waals surface area contributed by atoms with Gasteiger partial charge in [-0.1, -0.05) is 51.7 Å². The van der Waals surface area contributed by atoms with Gasteiger partial charge in [0.15, 0.2) is 0 Å². The second-order valence-corrected chi connectivity index (χ2v) is 11.0. The lowest BCUT2D eigenvalue weighted by atomic mass is 9.65. The molecule has 0 saturated carbocycles. The van der Waals surface area contributed by atoms with E-state index < -0.39 is 35.0 Å². The van der Waals surface area contributed by atoms with E-state index in [0.717, 1.165) is 38.5 Å². The van der Waals surface area contributed by atoms with Gasteiger partial charge in [0.05, 0.1) is 18.1 Å². The summed E-state index contributed by atoms with van der Waals surface area (Å²) in [5, 5.41) is 9.13. The third-order valence-corrected chi connectivity index (χ3v) is 8.73. The second kappa shape index (κ2) is 13.7. The van der Waals surface area contributed by atoms with Crippen molar-refractivity contribution in [3.05, 3.63) is 25.3 Å². The Balaban J connectivity index is 1.96. The normalized spacial score (nSPS) is 29.4. The molecule has 0 aliphatic carbocycles. The molecule has 8 nitrogen and oxygen atoms in total. The molecule has 5 atom stereocenters. The Hall–Kier alpha value is -2.19. The quantitative estimate of drug-likeness (QED) is 0.163. The zero-order valence-corrected chi connectivity index (χ0v) is 23.5. The Morgan fingerprint density at radius 1 is 1.13 bits per heavy atom. The zero-order chi connectivity index (χ0) is 27.8. The van der Waals surface area contributed by atoms with E-state index in [1.807, 2.05) is 11.8 Å². The first-order valence-corrected chi connectivity index (χ1v) is 14.7. The fraction of sp³-hybridized carbons (Fsp3) is 0.767. The minimum Gasteiger partial charge on any atom is -0.465 e. The van der Waals surface area contributed by atoms with Gasteiger partial charge < -0.3 is 24.4 Å². The highest BCUT2D eigenvalue weighted by molar-refractivity contribution is 5.98. The first kappa shape index (κ1) is 30.4. The fourth-order valence-electron chi connectivity index (χ4n) is 6.85. The number of hydrogen-bond donors (Lipinski definition) is 1. The van der Waals surface area contributed by atoms with Crippen LogP contribution in [0.5, 0.6) is 0 Å². The summed E-state index contributed by atoms with van der Waals surface area (Å²) < 4.78 is 12.4. The fourth-order valence-corrected chi connectivity index (χ4v) is 6.85. The maximum atomic E-state index is 14.3. The summed E-state index contributed by atoms with van der Waals surface area (Å²) in [6, 6.07) is -0.765. The minimum atomic E-state index is -1.03. The molecule has 2 bridgehead atoms. The number of hydrogen-bond acceptors (Lipinski definition) is 6. The monoisotopic (exact) mass is 532 g/mol. The molecule has 3 heterocycles. The van der Waals surface area contributed by atoms with Crippen LogP contribution < -0.4 is 0 Å². The number of fused-ring (bicyclic) bond motifs is 1. The van der Waals surface area contributed by atoms with Crippen LogP contribution in [-0.2, 0) is 23.9 Å². The molecular weight excluding hydrogens is 484 g/mol. The number of amides is 2. The first-order valence-electron chi connectivity index (χ1n) is 14.7. The van der Waals surface area contributed by atoms with E-state index in [1.54, 1.807) is 17.1 Å². The van der Waals surface area contributed by atoms with Crippen LogP contribution in [0.1, 0.15) is 84.5 Å². The lowest BCUT2D eigenvalue weighted by Gasteiger charge is -2.37. The summed E-state index contributed by atoms with van der Waals surface area (Å²) in [4.78, 5) is 45.4. The van der Waals surface area contributed by atoms with Gasteiger partial charge in [-0.25, -0.2) is 0 Å². The van der Waals surface area contributed by atoms with E-state index in [1.165, 1.54) is 0 Å². The molecule has 214 valence electrons. The topological polar surface area (TPSA) is 96.4 Å². The van der Waals surface area contributed by atoms with Crippen LogP contribution in [0.15, 0.2) is 25.3 Å². The molecule has 1 spiro atoms. The van der Waals surface area contributed by atoms with Crippen molar-refractivity contribution in [2.24, 2.45) is 11.8 Å². The van der Waals surface area contributed by atoms with Crippen molar-refractivity contribution in [3.63, 3.8) is 0 Å². The molecular formula is C30H48N2O6. The number of ether oxygens (including phenoxy) is 2. The van der Waals surface area contributed by atoms with Crippen molar-refractivity contribution in [1.29, 1.82) is 0 Å². The molecule has 0 aromatic heterocycles. The molecule has 0 aromatic carbocycles. The Morgan fingerprint density at radius 3 is 2.55 bits per heavy atom. The average Bonchev–Trinajstić information content (AvgIpc) is 3.51. The van der Waals surface area contributed by atoms with Crippen molar-refractivity contribution in [2.45, 2.75) is 102 Å². The van der Waals surface area contributed by atoms with E-state index in [0.29, 0.717) is 51.7 Å². The molecule has 0 aromatic rings. The van der Waals surface area contributed by atoms with Gasteiger partial charge in [0, 0.05) is 26.2 Å². The second-order valence-electron chi connectivity index (χ2n) is 11.0. The highest BCUT2D eigenvalue weighted by atomic mass is 16.6. The van der Waals surface area contributed by atoms with Gasteiger partial charge >= 0.3 is 5.97 Å². The smallest absolute Gasteiger partial charge is 0.312 e. The first-order chi connectivity index (χ1) is 18.4. The average molecular weight is 533 g/mol. The number of rotatable bonds is 18. The maximum Gasteiger partial charge on any atom is 0.312 e. The van der Waals surface area contributed by atoms with E-state index >= 15 is 0 Å². The highest BCUT2D eigenvalue weighted by Gasteiger charge is 2.79. The molecule has 38 heavy (non-hydrogen) atoms. The lowest BCUT2D eigenvalue weighted by molar-refractivity contribution is -0.161. The number of aliphatic hydroxyl groups excluding tert-OH is 1. The number of nitrogens with zero attached hydrogens (tertiary/aromatic N) is 2.